The summed E-state index contributed by atoms with van der Waals surface area (Å²) in [5.74, 6) is -1.00. The number of rotatable bonds is 4. The van der Waals surface area contributed by atoms with Gasteiger partial charge in [0.15, 0.2) is 0 Å². The molecule has 8 heteroatoms. The van der Waals surface area contributed by atoms with Crippen molar-refractivity contribution in [2.24, 2.45) is 0 Å². The second kappa shape index (κ2) is 6.55. The van der Waals surface area contributed by atoms with E-state index in [1.54, 1.807) is 11.1 Å². The second-order valence-corrected chi connectivity index (χ2v) is 5.49. The summed E-state index contributed by atoms with van der Waals surface area (Å²) < 4.78 is 1.49. The number of likely N-dealkylation sites (tertiary alicyclic amines) is 1. The molecule has 120 valence electrons. The van der Waals surface area contributed by atoms with Crippen molar-refractivity contribution in [3.05, 3.63) is 42.2 Å². The second-order valence-electron chi connectivity index (χ2n) is 5.49. The van der Waals surface area contributed by atoms with E-state index in [9.17, 15) is 9.59 Å². The monoisotopic (exact) mass is 315 g/mol. The number of piperidine rings is 1. The number of carbonyl (C=O) groups excluding carboxylic acids is 1. The highest BCUT2D eigenvalue weighted by Gasteiger charge is 2.28. The Balaban J connectivity index is 1.75. The van der Waals surface area contributed by atoms with Crippen molar-refractivity contribution in [2.45, 2.75) is 25.3 Å². The molecule has 1 amide bonds. The molecule has 0 saturated carbocycles. The van der Waals surface area contributed by atoms with Crippen LogP contribution >= 0.6 is 0 Å². The minimum Gasteiger partial charge on any atom is -0.480 e. The van der Waals surface area contributed by atoms with E-state index in [1.807, 2.05) is 6.07 Å². The molecule has 23 heavy (non-hydrogen) atoms. The highest BCUT2D eigenvalue weighted by atomic mass is 16.4. The molecule has 2 aromatic heterocycles. The SMILES string of the molecule is O=C(O)Cn1nccc1C1CCCN(C(=O)c2cnccn2)C1. The first-order chi connectivity index (χ1) is 11.1. The molecule has 0 aromatic carbocycles. The van der Waals surface area contributed by atoms with Crippen LogP contribution in [0.4, 0.5) is 0 Å². The zero-order valence-corrected chi connectivity index (χ0v) is 12.5. The average molecular weight is 315 g/mol. The first-order valence-electron chi connectivity index (χ1n) is 7.44. The van der Waals surface area contributed by atoms with Gasteiger partial charge in [0.2, 0.25) is 0 Å². The van der Waals surface area contributed by atoms with Gasteiger partial charge in [0.25, 0.3) is 5.91 Å². The van der Waals surface area contributed by atoms with Crippen LogP contribution in [0.5, 0.6) is 0 Å². The lowest BCUT2D eigenvalue weighted by atomic mass is 9.94. The average Bonchev–Trinajstić information content (AvgIpc) is 3.02. The van der Waals surface area contributed by atoms with Crippen molar-refractivity contribution in [3.63, 3.8) is 0 Å². The third-order valence-corrected chi connectivity index (χ3v) is 3.94. The van der Waals surface area contributed by atoms with Crippen LogP contribution in [0.15, 0.2) is 30.9 Å². The van der Waals surface area contributed by atoms with Crippen LogP contribution < -0.4 is 0 Å². The molecule has 1 atom stereocenters. The molecule has 1 saturated heterocycles. The largest absolute Gasteiger partial charge is 0.480 e. The van der Waals surface area contributed by atoms with E-state index in [4.69, 9.17) is 5.11 Å². The summed E-state index contributed by atoms with van der Waals surface area (Å²) in [6.45, 7) is 1.02. The minimum atomic E-state index is -0.932. The predicted molar refractivity (Wildman–Crippen MR) is 79.8 cm³/mol. The van der Waals surface area contributed by atoms with Crippen LogP contribution in [0, 0.1) is 0 Å². The van der Waals surface area contributed by atoms with Gasteiger partial charge in [-0.1, -0.05) is 0 Å². The van der Waals surface area contributed by atoms with E-state index < -0.39 is 5.97 Å². The molecule has 0 radical (unpaired) electrons. The quantitative estimate of drug-likeness (QED) is 0.894. The molecular weight excluding hydrogens is 298 g/mol. The van der Waals surface area contributed by atoms with E-state index in [0.717, 1.165) is 18.5 Å². The van der Waals surface area contributed by atoms with Gasteiger partial charge in [-0.05, 0) is 18.9 Å². The third kappa shape index (κ3) is 3.36. The fourth-order valence-corrected chi connectivity index (χ4v) is 2.92. The van der Waals surface area contributed by atoms with Gasteiger partial charge in [-0.3, -0.25) is 19.3 Å². The Labute approximate surface area is 132 Å². The van der Waals surface area contributed by atoms with Gasteiger partial charge < -0.3 is 10.0 Å². The van der Waals surface area contributed by atoms with Gasteiger partial charge in [0.05, 0.1) is 6.20 Å². The molecule has 2 aromatic rings. The molecule has 3 rings (SSSR count). The molecule has 0 spiro atoms. The summed E-state index contributed by atoms with van der Waals surface area (Å²) in [7, 11) is 0. The summed E-state index contributed by atoms with van der Waals surface area (Å²) >= 11 is 0. The van der Waals surface area contributed by atoms with Gasteiger partial charge in [-0.15, -0.1) is 0 Å². The molecule has 8 nitrogen and oxygen atoms in total. The molecule has 1 fully saturated rings. The number of carboxylic acid groups (broad SMARTS) is 1. The summed E-state index contributed by atoms with van der Waals surface area (Å²) in [4.78, 5) is 33.1. The van der Waals surface area contributed by atoms with Gasteiger partial charge in [-0.25, -0.2) is 4.98 Å². The number of aromatic nitrogens is 4. The summed E-state index contributed by atoms with van der Waals surface area (Å²) in [6, 6.07) is 1.82. The predicted octanol–water partition coefficient (Wildman–Crippen LogP) is 0.778. The normalized spacial score (nSPS) is 17.9. The fourth-order valence-electron chi connectivity index (χ4n) is 2.92. The Kier molecular flexibility index (Phi) is 4.31. The van der Waals surface area contributed by atoms with E-state index >= 15 is 0 Å². The first-order valence-corrected chi connectivity index (χ1v) is 7.44. The maximum absolute atomic E-state index is 12.5. The maximum Gasteiger partial charge on any atom is 0.325 e. The van der Waals surface area contributed by atoms with Crippen LogP contribution in [0.2, 0.25) is 0 Å². The number of nitrogens with zero attached hydrogens (tertiary/aromatic N) is 5. The molecule has 0 bridgehead atoms. The topological polar surface area (TPSA) is 101 Å². The Bertz CT molecular complexity index is 700. The molecule has 3 heterocycles. The molecule has 1 aliphatic heterocycles. The van der Waals surface area contributed by atoms with Crippen molar-refractivity contribution in [1.82, 2.24) is 24.6 Å². The highest BCUT2D eigenvalue weighted by Crippen LogP contribution is 2.27. The summed E-state index contributed by atoms with van der Waals surface area (Å²) in [5.41, 5.74) is 1.18. The van der Waals surface area contributed by atoms with E-state index in [1.165, 1.54) is 23.3 Å². The van der Waals surface area contributed by atoms with Crippen LogP contribution in [0.25, 0.3) is 0 Å². The highest BCUT2D eigenvalue weighted by molar-refractivity contribution is 5.92. The van der Waals surface area contributed by atoms with Crippen molar-refractivity contribution in [1.29, 1.82) is 0 Å². The molecule has 0 aliphatic carbocycles. The standard InChI is InChI=1S/C15H17N5O3/c21-14(22)10-20-13(3-4-18-20)11-2-1-7-19(9-11)15(23)12-8-16-5-6-17-12/h3-6,8,11H,1-2,7,9-10H2,(H,21,22). The van der Waals surface area contributed by atoms with E-state index in [2.05, 4.69) is 15.1 Å². The van der Waals surface area contributed by atoms with Crippen LogP contribution in [-0.4, -0.2) is 54.7 Å². The number of amides is 1. The van der Waals surface area contributed by atoms with Crippen molar-refractivity contribution >= 4 is 11.9 Å². The fraction of sp³-hybridized carbons (Fsp3) is 0.400. The minimum absolute atomic E-state index is 0.0752. The number of carboxylic acids is 1. The summed E-state index contributed by atoms with van der Waals surface area (Å²) in [5, 5.41) is 13.0. The lowest BCUT2D eigenvalue weighted by Crippen LogP contribution is -2.40. The van der Waals surface area contributed by atoms with Crippen LogP contribution in [-0.2, 0) is 11.3 Å². The number of carbonyl (C=O) groups is 2. The summed E-state index contributed by atoms with van der Waals surface area (Å²) in [6.07, 6.45) is 7.84. The van der Waals surface area contributed by atoms with Gasteiger partial charge in [0.1, 0.15) is 12.2 Å². The Hall–Kier alpha value is -2.77. The van der Waals surface area contributed by atoms with Gasteiger partial charge >= 0.3 is 5.97 Å². The van der Waals surface area contributed by atoms with E-state index in [0.29, 0.717) is 18.8 Å². The lowest BCUT2D eigenvalue weighted by molar-refractivity contribution is -0.137. The van der Waals surface area contributed by atoms with Crippen molar-refractivity contribution in [2.75, 3.05) is 13.1 Å². The van der Waals surface area contributed by atoms with Gasteiger partial charge in [0, 0.05) is 43.3 Å². The lowest BCUT2D eigenvalue weighted by Gasteiger charge is -2.32. The Morgan fingerprint density at radius 1 is 1.30 bits per heavy atom. The smallest absolute Gasteiger partial charge is 0.325 e. The molecule has 1 unspecified atom stereocenters. The first kappa shape index (κ1) is 15.1. The Morgan fingerprint density at radius 3 is 2.91 bits per heavy atom. The zero-order valence-electron chi connectivity index (χ0n) is 12.5. The van der Waals surface area contributed by atoms with Gasteiger partial charge in [-0.2, -0.15) is 5.10 Å². The molecule has 1 N–H and O–H groups in total. The number of hydrogen-bond donors (Lipinski definition) is 1. The number of aliphatic carboxylic acids is 1. The third-order valence-electron chi connectivity index (χ3n) is 3.94. The van der Waals surface area contributed by atoms with Crippen LogP contribution in [0.3, 0.4) is 0 Å². The van der Waals surface area contributed by atoms with Crippen LogP contribution in [0.1, 0.15) is 34.9 Å². The van der Waals surface area contributed by atoms with E-state index in [-0.39, 0.29) is 18.4 Å². The Morgan fingerprint density at radius 2 is 2.17 bits per heavy atom. The van der Waals surface area contributed by atoms with Crippen molar-refractivity contribution in [3.8, 4) is 0 Å². The maximum atomic E-state index is 12.5. The zero-order chi connectivity index (χ0) is 16.2. The van der Waals surface area contributed by atoms with Crippen molar-refractivity contribution < 1.29 is 14.7 Å². The number of hydrogen-bond acceptors (Lipinski definition) is 5. The molecular formula is C15H17N5O3. The molecule has 1 aliphatic rings.